The van der Waals surface area contributed by atoms with Crippen molar-refractivity contribution in [3.8, 4) is 0 Å². The fourth-order valence-electron chi connectivity index (χ4n) is 0.0702. The molecule has 15 nitrogen and oxygen atoms in total. The third kappa shape index (κ3) is 75.4. The predicted octanol–water partition coefficient (Wildman–Crippen LogP) is -1.90. The van der Waals surface area contributed by atoms with Crippen LogP contribution in [0.1, 0.15) is 0 Å². The molecule has 0 amide bonds. The van der Waals surface area contributed by atoms with Gasteiger partial charge in [-0.3, -0.25) is 9.11 Å². The lowest BCUT2D eigenvalue weighted by Crippen LogP contribution is -2.10. The monoisotopic (exact) mass is 343 g/mol. The van der Waals surface area contributed by atoms with Crippen LogP contribution in [-0.2, 0) is 34.0 Å². The second kappa shape index (κ2) is 10.6. The van der Waals surface area contributed by atoms with Crippen LogP contribution in [0.2, 0.25) is 0 Å². The lowest BCUT2D eigenvalue weighted by atomic mass is 14.0. The zero-order valence-corrected chi connectivity index (χ0v) is 11.0. The van der Waals surface area contributed by atoms with E-state index in [2.05, 4.69) is 8.67 Å². The first kappa shape index (κ1) is 30.6. The molecule has 0 saturated carbocycles. The summed E-state index contributed by atoms with van der Waals surface area (Å²) in [6.07, 6.45) is 0. The van der Waals surface area contributed by atoms with E-state index >= 15 is 0 Å². The zero-order valence-electron chi connectivity index (χ0n) is 8.48. The van der Waals surface area contributed by atoms with E-state index in [1.54, 1.807) is 0 Å². The molecular formula is H14N3O12PS2. The zero-order chi connectivity index (χ0) is 12.9. The molecule has 0 rings (SSSR count). The quantitative estimate of drug-likeness (QED) is 0.120. The molecule has 0 aromatic heterocycles. The first-order valence-corrected chi connectivity index (χ1v) is 6.61. The predicted molar refractivity (Wildman–Crippen MR) is 54.6 cm³/mol. The van der Waals surface area contributed by atoms with Crippen molar-refractivity contribution < 1.29 is 53.9 Å². The highest BCUT2D eigenvalue weighted by atomic mass is 32.3. The van der Waals surface area contributed by atoms with Crippen molar-refractivity contribution >= 4 is 28.6 Å². The van der Waals surface area contributed by atoms with Crippen LogP contribution in [0.3, 0.4) is 0 Å². The first-order valence-electron chi connectivity index (χ1n) is 2.31. The van der Waals surface area contributed by atoms with Crippen molar-refractivity contribution in [2.24, 2.45) is 0 Å². The van der Waals surface area contributed by atoms with Crippen molar-refractivity contribution in [2.45, 2.75) is 0 Å². The van der Waals surface area contributed by atoms with Gasteiger partial charge >= 0.3 is 28.6 Å². The van der Waals surface area contributed by atoms with Crippen LogP contribution in [0.4, 0.5) is 0 Å². The molecule has 0 unspecified atom stereocenters. The van der Waals surface area contributed by atoms with Crippen LogP contribution in [0.5, 0.6) is 0 Å². The van der Waals surface area contributed by atoms with Gasteiger partial charge in [0, 0.05) is 0 Å². The van der Waals surface area contributed by atoms with E-state index in [-0.39, 0.29) is 18.5 Å². The summed E-state index contributed by atoms with van der Waals surface area (Å²) in [5.41, 5.74) is 0. The second-order valence-corrected chi connectivity index (χ2v) is 4.51. The molecule has 0 saturated heterocycles. The summed E-state index contributed by atoms with van der Waals surface area (Å²) in [4.78, 5) is 21.6. The maximum Gasteiger partial charge on any atom is 0.466 e. The summed E-state index contributed by atoms with van der Waals surface area (Å²) < 4.78 is 67.8. The molecule has 0 aromatic carbocycles. The number of hydrogen-bond acceptors (Lipinski definition) is 10. The number of phosphoric acid groups is 1. The first-order chi connectivity index (χ1) is 6.21. The molecule has 0 bridgehead atoms. The minimum absolute atomic E-state index is 0. The Morgan fingerprint density at radius 1 is 0.722 bits per heavy atom. The van der Waals surface area contributed by atoms with E-state index in [0.717, 1.165) is 0 Å². The van der Waals surface area contributed by atoms with Gasteiger partial charge < -0.3 is 33.1 Å². The largest absolute Gasteiger partial charge is 0.466 e. The van der Waals surface area contributed by atoms with Crippen LogP contribution in [0, 0.1) is 0 Å². The maximum atomic E-state index is 9.51. The molecular weight excluding hydrogens is 329 g/mol. The highest BCUT2D eigenvalue weighted by molar-refractivity contribution is 7.83. The highest BCUT2D eigenvalue weighted by Crippen LogP contribution is 2.25. The van der Waals surface area contributed by atoms with Gasteiger partial charge in [-0.1, -0.05) is 8.67 Å². The van der Waals surface area contributed by atoms with Crippen LogP contribution in [0.15, 0.2) is 0 Å². The van der Waals surface area contributed by atoms with Crippen molar-refractivity contribution in [2.75, 3.05) is 0 Å². The molecule has 0 spiro atoms. The minimum atomic E-state index is -5.02. The average molecular weight is 343 g/mol. The minimum Gasteiger partial charge on any atom is -0.344 e. The molecule has 0 aliphatic carbocycles. The topological polar surface area (TPSA) is 310 Å². The van der Waals surface area contributed by atoms with E-state index in [9.17, 15) is 16.8 Å². The number of rotatable bonds is 3. The molecule has 0 heterocycles. The standard InChI is InChI=1S/3H3N.H2O8S2.H3O4P/c;;;1-9(2,3)7-8-10(4,5)6;1-5(2,3)4/h3*1H3;(H,1,2,3)(H,4,5,6);(H3,1,2,3,4). The van der Waals surface area contributed by atoms with Crippen LogP contribution < -0.4 is 18.5 Å². The van der Waals surface area contributed by atoms with Crippen LogP contribution in [0.25, 0.3) is 0 Å². The normalized spacial score (nSPS) is 10.7. The summed E-state index contributed by atoms with van der Waals surface area (Å²) in [6.45, 7) is 0. The summed E-state index contributed by atoms with van der Waals surface area (Å²) >= 11 is 0. The third-order valence-corrected chi connectivity index (χ3v) is 0.766. The molecule has 118 valence electrons. The van der Waals surface area contributed by atoms with Gasteiger partial charge in [0.2, 0.25) is 0 Å². The Hall–Kier alpha value is -0.270. The van der Waals surface area contributed by atoms with Gasteiger partial charge in [-0.25, -0.2) is 4.57 Å². The summed E-state index contributed by atoms with van der Waals surface area (Å²) in [5.74, 6) is 0. The summed E-state index contributed by atoms with van der Waals surface area (Å²) in [7, 11) is -14.7. The molecule has 18 heavy (non-hydrogen) atoms. The van der Waals surface area contributed by atoms with Crippen molar-refractivity contribution in [3.05, 3.63) is 0 Å². The molecule has 14 N–H and O–H groups in total. The van der Waals surface area contributed by atoms with Gasteiger partial charge in [0.25, 0.3) is 0 Å². The second-order valence-electron chi connectivity index (χ2n) is 1.50. The van der Waals surface area contributed by atoms with Gasteiger partial charge in [-0.2, -0.15) is 16.8 Å². The van der Waals surface area contributed by atoms with Gasteiger partial charge in [-0.05, 0) is 0 Å². The van der Waals surface area contributed by atoms with Crippen LogP contribution in [-0.4, -0.2) is 40.6 Å². The Morgan fingerprint density at radius 2 is 0.833 bits per heavy atom. The smallest absolute Gasteiger partial charge is 0.344 e. The van der Waals surface area contributed by atoms with Crippen molar-refractivity contribution in [3.63, 3.8) is 0 Å². The molecule has 0 radical (unpaired) electrons. The van der Waals surface area contributed by atoms with Crippen LogP contribution >= 0.6 is 7.82 Å². The lowest BCUT2D eigenvalue weighted by molar-refractivity contribution is -0.105. The Labute approximate surface area is 102 Å². The van der Waals surface area contributed by atoms with Crippen molar-refractivity contribution in [1.82, 2.24) is 18.5 Å². The number of hydrogen-bond donors (Lipinski definition) is 8. The maximum absolute atomic E-state index is 9.51. The molecule has 0 fully saturated rings. The average Bonchev–Trinajstić information content (AvgIpc) is 1.76. The van der Waals surface area contributed by atoms with Gasteiger partial charge in [0.15, 0.2) is 0 Å². The van der Waals surface area contributed by atoms with Gasteiger partial charge in [0.05, 0.1) is 0 Å². The summed E-state index contributed by atoms with van der Waals surface area (Å²) in [6, 6.07) is 0. The van der Waals surface area contributed by atoms with E-state index in [0.29, 0.717) is 0 Å². The summed E-state index contributed by atoms with van der Waals surface area (Å²) in [5, 5.41) is 0. The molecule has 0 atom stereocenters. The Kier molecular flexibility index (Phi) is 18.1. The SMILES string of the molecule is N.N.N.O=P(O)(O)O.O=S(=O)(O)OOS(=O)(=O)O. The third-order valence-electron chi connectivity index (χ3n) is 0.200. The van der Waals surface area contributed by atoms with Gasteiger partial charge in [0.1, 0.15) is 0 Å². The Morgan fingerprint density at radius 3 is 0.889 bits per heavy atom. The highest BCUT2D eigenvalue weighted by Gasteiger charge is 2.13. The Bertz CT molecular complexity index is 374. The molecule has 0 aliphatic heterocycles. The molecule has 18 heteroatoms. The van der Waals surface area contributed by atoms with E-state index in [4.69, 9.17) is 28.4 Å². The van der Waals surface area contributed by atoms with E-state index in [1.165, 1.54) is 0 Å². The molecule has 0 aliphatic rings. The van der Waals surface area contributed by atoms with Gasteiger partial charge in [-0.15, -0.1) is 0 Å². The fourth-order valence-corrected chi connectivity index (χ4v) is 0.632. The van der Waals surface area contributed by atoms with E-state index < -0.39 is 28.6 Å². The lowest BCUT2D eigenvalue weighted by Gasteiger charge is -1.92. The van der Waals surface area contributed by atoms with E-state index in [1.807, 2.05) is 0 Å². The van der Waals surface area contributed by atoms with Crippen molar-refractivity contribution in [1.29, 1.82) is 0 Å². The fraction of sp³-hybridized carbons (Fsp3) is 0. The molecule has 0 aromatic rings. The Balaban J connectivity index is -0.0000000621.